The van der Waals surface area contributed by atoms with E-state index in [2.05, 4.69) is 65.6 Å². The van der Waals surface area contributed by atoms with Gasteiger partial charge in [0.15, 0.2) is 5.11 Å². The number of thiocarbonyl (C=S) groups is 1. The molecular formula is C35H38ClN5O2S. The van der Waals surface area contributed by atoms with Gasteiger partial charge in [0, 0.05) is 42.0 Å². The third kappa shape index (κ3) is 5.57. The normalized spacial score (nSPS) is 21.8. The first kappa shape index (κ1) is 30.2. The quantitative estimate of drug-likeness (QED) is 0.175. The predicted molar refractivity (Wildman–Crippen MR) is 181 cm³/mol. The van der Waals surface area contributed by atoms with Crippen LogP contribution in [0.15, 0.2) is 72.9 Å². The smallest absolute Gasteiger partial charge is 0.337 e. The lowest BCUT2D eigenvalue weighted by Gasteiger charge is -2.37. The number of esters is 1. The number of pyridine rings is 1. The summed E-state index contributed by atoms with van der Waals surface area (Å²) < 4.78 is 7.15. The van der Waals surface area contributed by atoms with Crippen molar-refractivity contribution in [3.8, 4) is 5.69 Å². The van der Waals surface area contributed by atoms with Gasteiger partial charge in [-0.1, -0.05) is 37.6 Å². The second-order valence-corrected chi connectivity index (χ2v) is 13.0. The monoisotopic (exact) mass is 627 g/mol. The molecule has 0 spiro atoms. The lowest BCUT2D eigenvalue weighted by atomic mass is 9.91. The number of aromatic nitrogens is 2. The molecule has 9 heteroatoms. The van der Waals surface area contributed by atoms with Crippen LogP contribution < -0.4 is 15.1 Å². The lowest BCUT2D eigenvalue weighted by molar-refractivity contribution is 0.0600. The molecule has 0 aliphatic carbocycles. The summed E-state index contributed by atoms with van der Waals surface area (Å²) in [5.41, 5.74) is 7.48. The molecule has 0 radical (unpaired) electrons. The van der Waals surface area contributed by atoms with Crippen LogP contribution in [0, 0.1) is 25.7 Å². The summed E-state index contributed by atoms with van der Waals surface area (Å²) in [6, 6.07) is 21.6. The zero-order valence-electron chi connectivity index (χ0n) is 25.8. The third-order valence-electron chi connectivity index (χ3n) is 8.83. The van der Waals surface area contributed by atoms with Gasteiger partial charge in [0.1, 0.15) is 0 Å². The largest absolute Gasteiger partial charge is 0.465 e. The molecule has 1 N–H and O–H groups in total. The number of hydrogen-bond donors (Lipinski definition) is 1. The molecule has 2 fully saturated rings. The average Bonchev–Trinajstić information content (AvgIpc) is 3.51. The van der Waals surface area contributed by atoms with Crippen LogP contribution in [0.2, 0.25) is 5.02 Å². The van der Waals surface area contributed by atoms with Gasteiger partial charge in [0.05, 0.1) is 41.2 Å². The zero-order chi connectivity index (χ0) is 31.1. The van der Waals surface area contributed by atoms with Crippen LogP contribution in [0.1, 0.15) is 65.4 Å². The average molecular weight is 628 g/mol. The molecule has 7 nitrogen and oxygen atoms in total. The summed E-state index contributed by atoms with van der Waals surface area (Å²) >= 11 is 13.1. The van der Waals surface area contributed by atoms with Gasteiger partial charge in [-0.05, 0) is 104 Å². The maximum Gasteiger partial charge on any atom is 0.337 e. The molecular weight excluding hydrogens is 590 g/mol. The molecule has 2 aliphatic rings. The zero-order valence-corrected chi connectivity index (χ0v) is 27.3. The van der Waals surface area contributed by atoms with Crippen molar-refractivity contribution in [2.24, 2.45) is 11.8 Å². The number of benzene rings is 2. The maximum atomic E-state index is 12.3. The minimum absolute atomic E-state index is 0.193. The SMILES string of the molecule is COC(=O)c1cccc(-n2c(C)cc([C@@H]3[C@@H](c4ccccn4)NC(=S)N3c3ccc(N4C[C@H](C)C[C@H](C)C4)c(Cl)c3)c2C)c1. The molecule has 4 heterocycles. The van der Waals surface area contributed by atoms with Gasteiger partial charge in [-0.15, -0.1) is 0 Å². The fourth-order valence-corrected chi connectivity index (χ4v) is 7.73. The fraction of sp³-hybridized carbons (Fsp3) is 0.343. The minimum atomic E-state index is -0.366. The number of piperidine rings is 1. The van der Waals surface area contributed by atoms with E-state index in [1.807, 2.05) is 48.7 Å². The van der Waals surface area contributed by atoms with E-state index in [-0.39, 0.29) is 18.1 Å². The highest BCUT2D eigenvalue weighted by molar-refractivity contribution is 7.80. The highest BCUT2D eigenvalue weighted by atomic mass is 35.5. The molecule has 0 saturated carbocycles. The van der Waals surface area contributed by atoms with Crippen molar-refractivity contribution in [1.82, 2.24) is 14.9 Å². The number of methoxy groups -OCH3 is 1. The van der Waals surface area contributed by atoms with E-state index in [1.54, 1.807) is 6.07 Å². The van der Waals surface area contributed by atoms with Crippen molar-refractivity contribution in [3.05, 3.63) is 106 Å². The highest BCUT2D eigenvalue weighted by Gasteiger charge is 2.42. The predicted octanol–water partition coefficient (Wildman–Crippen LogP) is 7.59. The first-order valence-electron chi connectivity index (χ1n) is 15.1. The van der Waals surface area contributed by atoms with Crippen molar-refractivity contribution in [3.63, 3.8) is 0 Å². The number of nitrogens with zero attached hydrogens (tertiary/aromatic N) is 4. The Bertz CT molecular complexity index is 1700. The van der Waals surface area contributed by atoms with Crippen molar-refractivity contribution >= 4 is 46.3 Å². The summed E-state index contributed by atoms with van der Waals surface area (Å²) in [4.78, 5) is 21.6. The van der Waals surface area contributed by atoms with Gasteiger partial charge < -0.3 is 24.4 Å². The van der Waals surface area contributed by atoms with Gasteiger partial charge >= 0.3 is 5.97 Å². The fourth-order valence-electron chi connectivity index (χ4n) is 7.08. The second kappa shape index (κ2) is 12.3. The van der Waals surface area contributed by atoms with E-state index < -0.39 is 0 Å². The van der Waals surface area contributed by atoms with E-state index in [4.69, 9.17) is 33.5 Å². The topological polar surface area (TPSA) is 62.6 Å². The molecule has 0 bridgehead atoms. The Hall–Kier alpha value is -3.88. The molecule has 2 aromatic heterocycles. The first-order valence-corrected chi connectivity index (χ1v) is 15.9. The van der Waals surface area contributed by atoms with Crippen molar-refractivity contribution in [2.45, 2.75) is 46.2 Å². The Labute approximate surface area is 269 Å². The molecule has 6 rings (SSSR count). The molecule has 0 unspecified atom stereocenters. The number of halogens is 1. The molecule has 4 aromatic rings. The number of anilines is 2. The minimum Gasteiger partial charge on any atom is -0.465 e. The third-order valence-corrected chi connectivity index (χ3v) is 9.45. The van der Waals surface area contributed by atoms with E-state index >= 15 is 0 Å². The molecule has 2 aromatic carbocycles. The van der Waals surface area contributed by atoms with Gasteiger partial charge in [0.25, 0.3) is 0 Å². The van der Waals surface area contributed by atoms with Crippen LogP contribution in [0.25, 0.3) is 5.69 Å². The summed E-state index contributed by atoms with van der Waals surface area (Å²) in [6.07, 6.45) is 3.05. The number of carbonyl (C=O) groups excluding carboxylic acids is 1. The van der Waals surface area contributed by atoms with Gasteiger partial charge in [-0.25, -0.2) is 4.79 Å². The van der Waals surface area contributed by atoms with E-state index in [0.29, 0.717) is 22.5 Å². The summed E-state index contributed by atoms with van der Waals surface area (Å²) in [5.74, 6) is 0.879. The van der Waals surface area contributed by atoms with Gasteiger partial charge in [0.2, 0.25) is 0 Å². The Morgan fingerprint density at radius 3 is 2.45 bits per heavy atom. The van der Waals surface area contributed by atoms with Crippen molar-refractivity contribution < 1.29 is 9.53 Å². The van der Waals surface area contributed by atoms with Crippen LogP contribution in [0.3, 0.4) is 0 Å². The van der Waals surface area contributed by atoms with E-state index in [0.717, 1.165) is 57.8 Å². The number of carbonyl (C=O) groups is 1. The Morgan fingerprint density at radius 1 is 1.00 bits per heavy atom. The van der Waals surface area contributed by atoms with E-state index in [9.17, 15) is 4.79 Å². The molecule has 0 amide bonds. The number of nitrogens with one attached hydrogen (secondary N) is 1. The molecule has 2 aliphatic heterocycles. The molecule has 228 valence electrons. The van der Waals surface area contributed by atoms with Crippen LogP contribution >= 0.6 is 23.8 Å². The molecule has 44 heavy (non-hydrogen) atoms. The lowest BCUT2D eigenvalue weighted by Crippen LogP contribution is -2.38. The Kier molecular flexibility index (Phi) is 8.40. The van der Waals surface area contributed by atoms with Crippen LogP contribution in [0.4, 0.5) is 11.4 Å². The number of rotatable bonds is 6. The second-order valence-electron chi connectivity index (χ2n) is 12.2. The van der Waals surface area contributed by atoms with Crippen molar-refractivity contribution in [2.75, 3.05) is 30.0 Å². The number of aryl methyl sites for hydroxylation is 1. The van der Waals surface area contributed by atoms with Crippen LogP contribution in [0.5, 0.6) is 0 Å². The summed E-state index contributed by atoms with van der Waals surface area (Å²) in [6.45, 7) is 10.8. The Morgan fingerprint density at radius 2 is 1.77 bits per heavy atom. The standard InChI is InChI=1S/C35H38ClN5O2S/c1-21-15-22(2)20-39(19-21)31-13-12-27(18-29(31)36)41-33(32(38-35(41)44)30-11-6-7-14-37-30)28-16-23(3)40(24(28)4)26-10-8-9-25(17-26)34(42)43-5/h6-14,16-18,21-22,32-33H,15,19-20H2,1-5H3,(H,38,44)/t21-,22+,32-,33-/m1/s1. The van der Waals surface area contributed by atoms with Crippen LogP contribution in [-0.4, -0.2) is 40.8 Å². The first-order chi connectivity index (χ1) is 21.2. The number of hydrogen-bond acceptors (Lipinski definition) is 5. The van der Waals surface area contributed by atoms with Gasteiger partial charge in [-0.2, -0.15) is 0 Å². The maximum absolute atomic E-state index is 12.3. The van der Waals surface area contributed by atoms with Gasteiger partial charge in [-0.3, -0.25) is 4.98 Å². The highest BCUT2D eigenvalue weighted by Crippen LogP contribution is 2.45. The summed E-state index contributed by atoms with van der Waals surface area (Å²) in [7, 11) is 1.40. The molecule has 4 atom stereocenters. The van der Waals surface area contributed by atoms with Crippen LogP contribution in [-0.2, 0) is 4.74 Å². The van der Waals surface area contributed by atoms with E-state index in [1.165, 1.54) is 13.5 Å². The number of ether oxygens (including phenoxy) is 1. The Balaban J connectivity index is 1.44. The summed E-state index contributed by atoms with van der Waals surface area (Å²) in [5, 5.41) is 4.91. The van der Waals surface area contributed by atoms with Crippen molar-refractivity contribution in [1.29, 1.82) is 0 Å². The molecule has 2 saturated heterocycles.